The summed E-state index contributed by atoms with van der Waals surface area (Å²) >= 11 is 1.58. The minimum absolute atomic E-state index is 0.477. The number of nitrogens with two attached hydrogens (primary N) is 1. The van der Waals surface area contributed by atoms with Crippen LogP contribution >= 0.6 is 11.5 Å². The molecule has 0 atom stereocenters. The van der Waals surface area contributed by atoms with Crippen LogP contribution in [0.25, 0.3) is 10.9 Å². The number of fused-ring (bicyclic) bond motifs is 1. The monoisotopic (exact) mass is 249 g/mol. The number of rotatable bonds is 5. The van der Waals surface area contributed by atoms with E-state index in [0.29, 0.717) is 6.04 Å². The Morgan fingerprint density at radius 3 is 2.82 bits per heavy atom. The van der Waals surface area contributed by atoms with Gasteiger partial charge in [-0.2, -0.15) is 4.37 Å². The highest BCUT2D eigenvalue weighted by Gasteiger charge is 2.15. The Morgan fingerprint density at radius 1 is 1.35 bits per heavy atom. The second-order valence-corrected chi connectivity index (χ2v) is 5.19. The van der Waals surface area contributed by atoms with E-state index in [1.165, 1.54) is 10.4 Å². The maximum absolute atomic E-state index is 5.60. The smallest absolute Gasteiger partial charge is 0.120 e. The minimum atomic E-state index is 0.477. The van der Waals surface area contributed by atoms with Crippen LogP contribution in [0.15, 0.2) is 24.3 Å². The highest BCUT2D eigenvalue weighted by atomic mass is 32.1. The number of hydrogen-bond acceptors (Lipinski definition) is 4. The van der Waals surface area contributed by atoms with Crippen LogP contribution in [-0.4, -0.2) is 23.5 Å². The summed E-state index contributed by atoms with van der Waals surface area (Å²) in [4.78, 5) is 2.40. The summed E-state index contributed by atoms with van der Waals surface area (Å²) in [6, 6.07) is 8.79. The number of hydrogen-bond donors (Lipinski definition) is 1. The first-order valence-corrected chi connectivity index (χ1v) is 6.82. The maximum Gasteiger partial charge on any atom is 0.120 e. The van der Waals surface area contributed by atoms with Crippen molar-refractivity contribution in [1.82, 2.24) is 4.37 Å². The molecule has 0 saturated heterocycles. The molecule has 0 fully saturated rings. The van der Waals surface area contributed by atoms with E-state index in [-0.39, 0.29) is 0 Å². The topological polar surface area (TPSA) is 42.1 Å². The molecule has 0 radical (unpaired) electrons. The number of aromatic nitrogens is 1. The first-order valence-electron chi connectivity index (χ1n) is 6.05. The Kier molecular flexibility index (Phi) is 3.97. The second-order valence-electron chi connectivity index (χ2n) is 4.43. The molecule has 0 amide bonds. The van der Waals surface area contributed by atoms with Gasteiger partial charge in [0.2, 0.25) is 0 Å². The zero-order valence-electron chi connectivity index (χ0n) is 10.4. The highest BCUT2D eigenvalue weighted by molar-refractivity contribution is 7.11. The van der Waals surface area contributed by atoms with E-state index in [2.05, 4.69) is 41.3 Å². The van der Waals surface area contributed by atoms with Crippen molar-refractivity contribution in [2.75, 3.05) is 18.0 Å². The van der Waals surface area contributed by atoms with Crippen molar-refractivity contribution in [2.45, 2.75) is 26.3 Å². The quantitative estimate of drug-likeness (QED) is 0.886. The van der Waals surface area contributed by atoms with E-state index in [1.807, 2.05) is 6.07 Å². The number of anilines is 1. The van der Waals surface area contributed by atoms with Crippen molar-refractivity contribution in [2.24, 2.45) is 5.73 Å². The summed E-state index contributed by atoms with van der Waals surface area (Å²) in [6.45, 7) is 6.16. The summed E-state index contributed by atoms with van der Waals surface area (Å²) in [5.41, 5.74) is 6.69. The number of nitrogens with zero attached hydrogens (tertiary/aromatic N) is 2. The molecule has 0 bridgehead atoms. The molecular formula is C13H19N3S. The summed E-state index contributed by atoms with van der Waals surface area (Å²) in [5, 5.41) is 2.52. The van der Waals surface area contributed by atoms with Crippen LogP contribution < -0.4 is 10.6 Å². The lowest BCUT2D eigenvalue weighted by Gasteiger charge is -2.27. The van der Waals surface area contributed by atoms with Crippen LogP contribution in [0.3, 0.4) is 0 Å². The molecule has 0 spiro atoms. The fourth-order valence-corrected chi connectivity index (χ4v) is 2.96. The van der Waals surface area contributed by atoms with Crippen LogP contribution in [0.4, 0.5) is 5.00 Å². The van der Waals surface area contributed by atoms with Crippen molar-refractivity contribution >= 4 is 27.4 Å². The summed E-state index contributed by atoms with van der Waals surface area (Å²) in [6.07, 6.45) is 1.02. The maximum atomic E-state index is 5.60. The predicted octanol–water partition coefficient (Wildman–Crippen LogP) is 2.86. The molecule has 92 valence electrons. The van der Waals surface area contributed by atoms with Crippen LogP contribution in [0.5, 0.6) is 0 Å². The van der Waals surface area contributed by atoms with E-state index in [4.69, 9.17) is 5.73 Å². The van der Waals surface area contributed by atoms with E-state index in [0.717, 1.165) is 25.0 Å². The Labute approximate surface area is 106 Å². The largest absolute Gasteiger partial charge is 0.359 e. The van der Waals surface area contributed by atoms with Gasteiger partial charge in [-0.1, -0.05) is 12.1 Å². The molecule has 2 aromatic rings. The lowest BCUT2D eigenvalue weighted by atomic mass is 10.2. The Morgan fingerprint density at radius 2 is 2.12 bits per heavy atom. The molecule has 4 heteroatoms. The molecule has 17 heavy (non-hydrogen) atoms. The fourth-order valence-electron chi connectivity index (χ4n) is 1.94. The van der Waals surface area contributed by atoms with Crippen molar-refractivity contribution in [3.8, 4) is 0 Å². The summed E-state index contributed by atoms with van der Waals surface area (Å²) < 4.78 is 4.50. The van der Waals surface area contributed by atoms with Gasteiger partial charge < -0.3 is 10.6 Å². The highest BCUT2D eigenvalue weighted by Crippen LogP contribution is 2.32. The van der Waals surface area contributed by atoms with Crippen molar-refractivity contribution in [3.63, 3.8) is 0 Å². The molecular weight excluding hydrogens is 230 g/mol. The SMILES string of the molecule is CC(C)N(CCCN)c1snc2ccccc12. The summed E-state index contributed by atoms with van der Waals surface area (Å²) in [7, 11) is 0. The Hall–Kier alpha value is -1.13. The first-order chi connectivity index (χ1) is 8.24. The van der Waals surface area contributed by atoms with Crippen LogP contribution in [0.1, 0.15) is 20.3 Å². The molecule has 0 aliphatic heterocycles. The van der Waals surface area contributed by atoms with Gasteiger partial charge in [-0.15, -0.1) is 0 Å². The third kappa shape index (κ3) is 2.58. The van der Waals surface area contributed by atoms with E-state index in [1.54, 1.807) is 11.5 Å². The third-order valence-corrected chi connectivity index (χ3v) is 3.77. The molecule has 0 aliphatic rings. The van der Waals surface area contributed by atoms with Gasteiger partial charge in [-0.25, -0.2) is 0 Å². The van der Waals surface area contributed by atoms with Gasteiger partial charge in [0.05, 0.1) is 5.52 Å². The van der Waals surface area contributed by atoms with Crippen molar-refractivity contribution in [3.05, 3.63) is 24.3 Å². The minimum Gasteiger partial charge on any atom is -0.359 e. The van der Waals surface area contributed by atoms with Gasteiger partial charge in [-0.3, -0.25) is 0 Å². The molecule has 2 rings (SSSR count). The lowest BCUT2D eigenvalue weighted by Crippen LogP contribution is -2.32. The summed E-state index contributed by atoms with van der Waals surface area (Å²) in [5.74, 6) is 0. The molecule has 1 heterocycles. The van der Waals surface area contributed by atoms with Crippen LogP contribution in [0, 0.1) is 0 Å². The predicted molar refractivity (Wildman–Crippen MR) is 75.8 cm³/mol. The van der Waals surface area contributed by atoms with Gasteiger partial charge in [0.15, 0.2) is 0 Å². The zero-order valence-corrected chi connectivity index (χ0v) is 11.2. The van der Waals surface area contributed by atoms with Gasteiger partial charge in [0.25, 0.3) is 0 Å². The van der Waals surface area contributed by atoms with Gasteiger partial charge in [0.1, 0.15) is 5.00 Å². The van der Waals surface area contributed by atoms with Crippen LogP contribution in [-0.2, 0) is 0 Å². The lowest BCUT2D eigenvalue weighted by molar-refractivity contribution is 0.663. The third-order valence-electron chi connectivity index (χ3n) is 2.85. The normalized spacial score (nSPS) is 11.3. The number of benzene rings is 1. The molecule has 1 aromatic carbocycles. The van der Waals surface area contributed by atoms with E-state index in [9.17, 15) is 0 Å². The standard InChI is InChI=1S/C13H19N3S/c1-10(2)16(9-5-8-14)13-11-6-3-4-7-12(11)15-17-13/h3-4,6-7,10H,5,8-9,14H2,1-2H3. The van der Waals surface area contributed by atoms with Gasteiger partial charge in [0, 0.05) is 18.0 Å². The van der Waals surface area contributed by atoms with Crippen LogP contribution in [0.2, 0.25) is 0 Å². The fraction of sp³-hybridized carbons (Fsp3) is 0.462. The van der Waals surface area contributed by atoms with Gasteiger partial charge >= 0.3 is 0 Å². The molecule has 1 aromatic heterocycles. The van der Waals surface area contributed by atoms with E-state index < -0.39 is 0 Å². The molecule has 0 saturated carbocycles. The zero-order chi connectivity index (χ0) is 12.3. The van der Waals surface area contributed by atoms with Crippen molar-refractivity contribution in [1.29, 1.82) is 0 Å². The average molecular weight is 249 g/mol. The van der Waals surface area contributed by atoms with Gasteiger partial charge in [-0.05, 0) is 50.5 Å². The van der Waals surface area contributed by atoms with Crippen molar-refractivity contribution < 1.29 is 0 Å². The molecule has 2 N–H and O–H groups in total. The molecule has 0 aliphatic carbocycles. The Bertz CT molecular complexity index is 478. The molecule has 0 unspecified atom stereocenters. The Balaban J connectivity index is 2.34. The van der Waals surface area contributed by atoms with E-state index >= 15 is 0 Å². The molecule has 3 nitrogen and oxygen atoms in total. The average Bonchev–Trinajstić information content (AvgIpc) is 2.73. The first kappa shape index (κ1) is 12.3. The second kappa shape index (κ2) is 5.47.